The summed E-state index contributed by atoms with van der Waals surface area (Å²) in [7, 11) is 0. The number of ether oxygens (including phenoxy) is 1. The second-order valence-electron chi connectivity index (χ2n) is 4.28. The number of nitrogens with two attached hydrogens (primary N) is 1. The van der Waals surface area contributed by atoms with E-state index < -0.39 is 0 Å². The van der Waals surface area contributed by atoms with Crippen LogP contribution in [0.2, 0.25) is 0 Å². The molecule has 2 N–H and O–H groups in total. The van der Waals surface area contributed by atoms with Crippen molar-refractivity contribution in [3.8, 4) is 5.75 Å². The van der Waals surface area contributed by atoms with Crippen molar-refractivity contribution in [1.82, 2.24) is 0 Å². The van der Waals surface area contributed by atoms with E-state index in [1.807, 2.05) is 18.2 Å². The highest BCUT2D eigenvalue weighted by molar-refractivity contribution is 5.93. The first-order valence-corrected chi connectivity index (χ1v) is 5.93. The highest BCUT2D eigenvalue weighted by Crippen LogP contribution is 2.34. The van der Waals surface area contributed by atoms with Crippen molar-refractivity contribution in [2.45, 2.75) is 32.9 Å². The molecule has 1 aliphatic heterocycles. The summed E-state index contributed by atoms with van der Waals surface area (Å²) in [6.07, 6.45) is 0.954. The van der Waals surface area contributed by atoms with Gasteiger partial charge in [0.15, 0.2) is 0 Å². The van der Waals surface area contributed by atoms with E-state index in [2.05, 4.69) is 6.92 Å². The molecular weight excluding hydrogens is 216 g/mol. The molecule has 0 aromatic heterocycles. The van der Waals surface area contributed by atoms with Gasteiger partial charge in [0, 0.05) is 13.5 Å². The van der Waals surface area contributed by atoms with E-state index >= 15 is 0 Å². The van der Waals surface area contributed by atoms with Crippen LogP contribution in [0, 0.1) is 0 Å². The average Bonchev–Trinajstić information content (AvgIpc) is 2.36. The third kappa shape index (κ3) is 2.26. The molecule has 2 rings (SSSR count). The molecule has 4 heteroatoms. The van der Waals surface area contributed by atoms with Crippen LogP contribution in [0.3, 0.4) is 0 Å². The minimum absolute atomic E-state index is 0.0495. The zero-order valence-electron chi connectivity index (χ0n) is 10.3. The molecule has 1 aromatic rings. The molecule has 0 saturated carbocycles. The Morgan fingerprint density at radius 2 is 2.35 bits per heavy atom. The van der Waals surface area contributed by atoms with Gasteiger partial charge in [0.25, 0.3) is 0 Å². The Hall–Kier alpha value is -1.55. The number of anilines is 1. The second kappa shape index (κ2) is 4.75. The number of carbonyl (C=O) groups is 1. The minimum atomic E-state index is 0.0495. The molecule has 0 spiro atoms. The molecule has 1 unspecified atom stereocenters. The second-order valence-corrected chi connectivity index (χ2v) is 4.28. The van der Waals surface area contributed by atoms with E-state index in [1.54, 1.807) is 11.8 Å². The normalized spacial score (nSPS) is 18.5. The molecule has 0 bridgehead atoms. The van der Waals surface area contributed by atoms with Crippen molar-refractivity contribution in [1.29, 1.82) is 0 Å². The summed E-state index contributed by atoms with van der Waals surface area (Å²) >= 11 is 0. The van der Waals surface area contributed by atoms with Crippen LogP contribution in [-0.4, -0.2) is 18.6 Å². The first-order chi connectivity index (χ1) is 8.15. The summed E-state index contributed by atoms with van der Waals surface area (Å²) < 4.78 is 5.85. The van der Waals surface area contributed by atoms with E-state index in [1.165, 1.54) is 0 Å². The Labute approximate surface area is 101 Å². The number of fused-ring (bicyclic) bond motifs is 1. The van der Waals surface area contributed by atoms with Gasteiger partial charge >= 0.3 is 0 Å². The predicted molar refractivity (Wildman–Crippen MR) is 67.1 cm³/mol. The largest absolute Gasteiger partial charge is 0.486 e. The number of nitrogens with zero attached hydrogens (tertiary/aromatic N) is 1. The summed E-state index contributed by atoms with van der Waals surface area (Å²) in [6, 6.07) is 5.77. The first kappa shape index (κ1) is 11.9. The van der Waals surface area contributed by atoms with Gasteiger partial charge in [-0.15, -0.1) is 0 Å². The maximum Gasteiger partial charge on any atom is 0.224 e. The van der Waals surface area contributed by atoms with Gasteiger partial charge in [-0.25, -0.2) is 0 Å². The van der Waals surface area contributed by atoms with Crippen molar-refractivity contribution >= 4 is 11.6 Å². The number of hydrogen-bond acceptors (Lipinski definition) is 3. The molecule has 92 valence electrons. The first-order valence-electron chi connectivity index (χ1n) is 5.93. The van der Waals surface area contributed by atoms with Gasteiger partial charge in [0.1, 0.15) is 11.9 Å². The average molecular weight is 234 g/mol. The Bertz CT molecular complexity index is 431. The van der Waals surface area contributed by atoms with Crippen LogP contribution in [-0.2, 0) is 11.3 Å². The molecule has 1 heterocycles. The zero-order chi connectivity index (χ0) is 12.4. The molecule has 1 amide bonds. The SMILES string of the molecule is CCC1CN(C(C)=O)c2ccc(CN)cc2O1. The Morgan fingerprint density at radius 1 is 1.59 bits per heavy atom. The van der Waals surface area contributed by atoms with Crippen LogP contribution in [0.4, 0.5) is 5.69 Å². The van der Waals surface area contributed by atoms with Gasteiger partial charge in [-0.05, 0) is 24.1 Å². The molecular formula is C13H18N2O2. The molecule has 1 aromatic carbocycles. The van der Waals surface area contributed by atoms with Crippen molar-refractivity contribution in [3.63, 3.8) is 0 Å². The fourth-order valence-electron chi connectivity index (χ4n) is 2.03. The van der Waals surface area contributed by atoms with Crippen molar-refractivity contribution in [3.05, 3.63) is 23.8 Å². The van der Waals surface area contributed by atoms with E-state index in [0.29, 0.717) is 13.1 Å². The maximum atomic E-state index is 11.6. The van der Waals surface area contributed by atoms with E-state index in [4.69, 9.17) is 10.5 Å². The predicted octanol–water partition coefficient (Wildman–Crippen LogP) is 1.67. The Morgan fingerprint density at radius 3 is 2.94 bits per heavy atom. The van der Waals surface area contributed by atoms with Crippen molar-refractivity contribution < 1.29 is 9.53 Å². The smallest absolute Gasteiger partial charge is 0.224 e. The van der Waals surface area contributed by atoms with Crippen LogP contribution in [0.5, 0.6) is 5.75 Å². The molecule has 0 saturated heterocycles. The Balaban J connectivity index is 2.40. The van der Waals surface area contributed by atoms with Gasteiger partial charge in [0.2, 0.25) is 5.91 Å². The lowest BCUT2D eigenvalue weighted by Gasteiger charge is -2.34. The highest BCUT2D eigenvalue weighted by Gasteiger charge is 2.27. The standard InChI is InChI=1S/C13H18N2O2/c1-3-11-8-15(9(2)16)12-5-4-10(7-14)6-13(12)17-11/h4-6,11H,3,7-8,14H2,1-2H3. The van der Waals surface area contributed by atoms with Gasteiger partial charge < -0.3 is 15.4 Å². The molecule has 0 aliphatic carbocycles. The van der Waals surface area contributed by atoms with Crippen LogP contribution < -0.4 is 15.4 Å². The lowest BCUT2D eigenvalue weighted by atomic mass is 10.1. The van der Waals surface area contributed by atoms with Crippen LogP contribution in [0.25, 0.3) is 0 Å². The summed E-state index contributed by atoms with van der Waals surface area (Å²) in [5.41, 5.74) is 7.47. The Kier molecular flexibility index (Phi) is 3.33. The monoisotopic (exact) mass is 234 g/mol. The molecule has 4 nitrogen and oxygen atoms in total. The molecule has 1 atom stereocenters. The lowest BCUT2D eigenvalue weighted by Crippen LogP contribution is -2.42. The van der Waals surface area contributed by atoms with Gasteiger partial charge in [-0.3, -0.25) is 4.79 Å². The lowest BCUT2D eigenvalue weighted by molar-refractivity contribution is -0.117. The minimum Gasteiger partial charge on any atom is -0.486 e. The maximum absolute atomic E-state index is 11.6. The summed E-state index contributed by atoms with van der Waals surface area (Å²) in [4.78, 5) is 13.4. The molecule has 1 aliphatic rings. The summed E-state index contributed by atoms with van der Waals surface area (Å²) in [5, 5.41) is 0. The number of amides is 1. The van der Waals surface area contributed by atoms with E-state index in [-0.39, 0.29) is 12.0 Å². The third-order valence-electron chi connectivity index (χ3n) is 3.07. The molecule has 17 heavy (non-hydrogen) atoms. The molecule has 0 radical (unpaired) electrons. The number of benzene rings is 1. The molecule has 0 fully saturated rings. The zero-order valence-corrected chi connectivity index (χ0v) is 10.3. The van der Waals surface area contributed by atoms with Crippen molar-refractivity contribution in [2.24, 2.45) is 5.73 Å². The van der Waals surface area contributed by atoms with Gasteiger partial charge in [-0.2, -0.15) is 0 Å². The van der Waals surface area contributed by atoms with E-state index in [9.17, 15) is 4.79 Å². The quantitative estimate of drug-likeness (QED) is 0.846. The van der Waals surface area contributed by atoms with Crippen molar-refractivity contribution in [2.75, 3.05) is 11.4 Å². The fourth-order valence-corrected chi connectivity index (χ4v) is 2.03. The summed E-state index contributed by atoms with van der Waals surface area (Å²) in [5.74, 6) is 0.815. The number of rotatable bonds is 2. The van der Waals surface area contributed by atoms with Gasteiger partial charge in [-0.1, -0.05) is 13.0 Å². The van der Waals surface area contributed by atoms with Crippen LogP contribution in [0.1, 0.15) is 25.8 Å². The van der Waals surface area contributed by atoms with Gasteiger partial charge in [0.05, 0.1) is 12.2 Å². The third-order valence-corrected chi connectivity index (χ3v) is 3.07. The number of carbonyl (C=O) groups excluding carboxylic acids is 1. The van der Waals surface area contributed by atoms with Crippen LogP contribution in [0.15, 0.2) is 18.2 Å². The highest BCUT2D eigenvalue weighted by atomic mass is 16.5. The number of hydrogen-bond donors (Lipinski definition) is 1. The summed E-state index contributed by atoms with van der Waals surface area (Å²) in [6.45, 7) is 4.74. The fraction of sp³-hybridized carbons (Fsp3) is 0.462. The topological polar surface area (TPSA) is 55.6 Å². The van der Waals surface area contributed by atoms with E-state index in [0.717, 1.165) is 23.4 Å². The van der Waals surface area contributed by atoms with Crippen LogP contribution >= 0.6 is 0 Å².